The van der Waals surface area contributed by atoms with Crippen molar-refractivity contribution in [2.24, 2.45) is 0 Å². The fourth-order valence-corrected chi connectivity index (χ4v) is 2.86. The number of para-hydroxylation sites is 1. The minimum atomic E-state index is -0.115. The van der Waals surface area contributed by atoms with Crippen molar-refractivity contribution in [2.45, 2.75) is 6.61 Å². The molecule has 0 aliphatic carbocycles. The van der Waals surface area contributed by atoms with Gasteiger partial charge in [-0.2, -0.15) is 9.78 Å². The lowest BCUT2D eigenvalue weighted by molar-refractivity contribution is 0.291. The average molecular weight is 401 g/mol. The lowest BCUT2D eigenvalue weighted by atomic mass is 10.2. The van der Waals surface area contributed by atoms with E-state index in [0.717, 1.165) is 11.3 Å². The highest BCUT2D eigenvalue weighted by Gasteiger charge is 2.13. The molecular weight excluding hydrogens is 387 g/mol. The number of aromatic nitrogens is 4. The molecule has 0 fully saturated rings. The largest absolute Gasteiger partial charge is 0.492 e. The van der Waals surface area contributed by atoms with E-state index in [1.54, 1.807) is 22.9 Å². The topological polar surface area (TPSA) is 65.1 Å². The van der Waals surface area contributed by atoms with Crippen LogP contribution in [-0.2, 0) is 6.61 Å². The van der Waals surface area contributed by atoms with Crippen LogP contribution in [0.1, 0.15) is 5.56 Å². The van der Waals surface area contributed by atoms with Crippen molar-refractivity contribution in [2.75, 3.05) is 0 Å². The average Bonchev–Trinajstić information content (AvgIpc) is 3.28. The summed E-state index contributed by atoms with van der Waals surface area (Å²) in [4.78, 5) is 0. The van der Waals surface area contributed by atoms with Gasteiger partial charge in [0.1, 0.15) is 11.6 Å². The maximum absolute atomic E-state index is 10.1. The highest BCUT2D eigenvalue weighted by Crippen LogP contribution is 2.27. The number of hydrogen-bond acceptors (Lipinski definition) is 4. The monoisotopic (exact) mass is 400 g/mol. The number of aromatic hydroxyl groups is 1. The van der Waals surface area contributed by atoms with E-state index in [0.29, 0.717) is 16.6 Å². The first-order valence-electron chi connectivity index (χ1n) is 8.07. The van der Waals surface area contributed by atoms with Gasteiger partial charge in [0.05, 0.1) is 17.6 Å². The second-order valence-corrected chi connectivity index (χ2v) is 6.56. The van der Waals surface area contributed by atoms with E-state index in [9.17, 15) is 5.11 Å². The summed E-state index contributed by atoms with van der Waals surface area (Å²) < 4.78 is 8.89. The van der Waals surface area contributed by atoms with Gasteiger partial charge in [-0.15, -0.1) is 5.10 Å². The highest BCUT2D eigenvalue weighted by atomic mass is 35.5. The molecule has 0 spiro atoms. The van der Waals surface area contributed by atoms with Crippen LogP contribution < -0.4 is 4.74 Å². The molecule has 4 aromatic rings. The second kappa shape index (κ2) is 7.34. The van der Waals surface area contributed by atoms with Crippen LogP contribution in [0, 0.1) is 0 Å². The molecule has 0 radical (unpaired) electrons. The van der Waals surface area contributed by atoms with E-state index >= 15 is 0 Å². The Balaban J connectivity index is 1.53. The van der Waals surface area contributed by atoms with Gasteiger partial charge in [0.25, 0.3) is 0 Å². The van der Waals surface area contributed by atoms with Crippen molar-refractivity contribution in [3.8, 4) is 23.1 Å². The van der Waals surface area contributed by atoms with Gasteiger partial charge in [0.2, 0.25) is 11.8 Å². The van der Waals surface area contributed by atoms with E-state index in [-0.39, 0.29) is 17.5 Å². The molecule has 27 heavy (non-hydrogen) atoms. The van der Waals surface area contributed by atoms with Crippen LogP contribution in [0.4, 0.5) is 0 Å². The van der Waals surface area contributed by atoms with E-state index in [1.165, 1.54) is 10.9 Å². The molecule has 0 saturated carbocycles. The SMILES string of the molecule is Oc1c(Cl)cnn1-c1ccccc1COc1ccn(-c2ccc(Cl)cc2)n1. The minimum Gasteiger partial charge on any atom is -0.492 e. The van der Waals surface area contributed by atoms with Gasteiger partial charge in [0, 0.05) is 22.8 Å². The van der Waals surface area contributed by atoms with E-state index in [2.05, 4.69) is 10.2 Å². The van der Waals surface area contributed by atoms with Crippen LogP contribution in [-0.4, -0.2) is 24.7 Å². The lowest BCUT2D eigenvalue weighted by Crippen LogP contribution is -2.04. The zero-order valence-corrected chi connectivity index (χ0v) is 15.5. The fraction of sp³-hybridized carbons (Fsp3) is 0.0526. The predicted molar refractivity (Wildman–Crippen MR) is 103 cm³/mol. The first kappa shape index (κ1) is 17.5. The Morgan fingerprint density at radius 1 is 1.00 bits per heavy atom. The molecule has 8 heteroatoms. The summed E-state index contributed by atoms with van der Waals surface area (Å²) in [5.74, 6) is 0.360. The molecule has 0 aliphatic heterocycles. The van der Waals surface area contributed by atoms with Crippen LogP contribution in [0.25, 0.3) is 11.4 Å². The van der Waals surface area contributed by atoms with E-state index in [4.69, 9.17) is 27.9 Å². The highest BCUT2D eigenvalue weighted by molar-refractivity contribution is 6.31. The van der Waals surface area contributed by atoms with Gasteiger partial charge in [-0.05, 0) is 30.3 Å². The van der Waals surface area contributed by atoms with Gasteiger partial charge >= 0.3 is 0 Å². The molecule has 136 valence electrons. The molecule has 0 aliphatic rings. The van der Waals surface area contributed by atoms with Crippen molar-refractivity contribution in [1.82, 2.24) is 19.6 Å². The summed E-state index contributed by atoms with van der Waals surface area (Å²) in [7, 11) is 0. The lowest BCUT2D eigenvalue weighted by Gasteiger charge is -2.10. The van der Waals surface area contributed by atoms with Gasteiger partial charge in [-0.3, -0.25) is 0 Å². The van der Waals surface area contributed by atoms with Gasteiger partial charge in [-0.1, -0.05) is 41.4 Å². The van der Waals surface area contributed by atoms with Crippen LogP contribution in [0.5, 0.6) is 11.8 Å². The molecule has 0 atom stereocenters. The van der Waals surface area contributed by atoms with Crippen LogP contribution in [0.15, 0.2) is 67.0 Å². The summed E-state index contributed by atoms with van der Waals surface area (Å²) in [6.07, 6.45) is 3.20. The van der Waals surface area contributed by atoms with E-state index < -0.39 is 0 Å². The maximum atomic E-state index is 10.1. The van der Waals surface area contributed by atoms with Gasteiger partial charge < -0.3 is 9.84 Å². The molecule has 6 nitrogen and oxygen atoms in total. The van der Waals surface area contributed by atoms with Crippen molar-refractivity contribution in [1.29, 1.82) is 0 Å². The van der Waals surface area contributed by atoms with Crippen LogP contribution in [0.2, 0.25) is 10.0 Å². The molecule has 0 unspecified atom stereocenters. The molecule has 0 amide bonds. The Morgan fingerprint density at radius 2 is 1.78 bits per heavy atom. The third-order valence-electron chi connectivity index (χ3n) is 3.95. The minimum absolute atomic E-state index is 0.115. The second-order valence-electron chi connectivity index (χ2n) is 5.72. The van der Waals surface area contributed by atoms with Crippen molar-refractivity contribution in [3.63, 3.8) is 0 Å². The zero-order chi connectivity index (χ0) is 18.8. The number of halogens is 2. The van der Waals surface area contributed by atoms with Gasteiger partial charge in [0.15, 0.2) is 0 Å². The summed E-state index contributed by atoms with van der Waals surface area (Å²) in [5, 5.41) is 19.4. The zero-order valence-electron chi connectivity index (χ0n) is 14.0. The Kier molecular flexibility index (Phi) is 4.75. The molecule has 2 aromatic carbocycles. The fourth-order valence-electron chi connectivity index (χ4n) is 2.61. The third-order valence-corrected chi connectivity index (χ3v) is 4.47. The maximum Gasteiger partial charge on any atom is 0.233 e. The molecule has 0 bridgehead atoms. The summed E-state index contributed by atoms with van der Waals surface area (Å²) in [6.45, 7) is 0.255. The third kappa shape index (κ3) is 3.63. The number of rotatable bonds is 5. The standard InChI is InChI=1S/C19H14Cl2N4O2/c20-14-5-7-15(8-6-14)24-10-9-18(23-24)27-12-13-3-1-2-4-17(13)25-19(26)16(21)11-22-25/h1-11,26H,12H2. The summed E-state index contributed by atoms with van der Waals surface area (Å²) in [6, 6.07) is 16.6. The Labute approximate surface area is 165 Å². The molecule has 1 N–H and O–H groups in total. The molecule has 2 heterocycles. The Morgan fingerprint density at radius 3 is 2.52 bits per heavy atom. The number of hydrogen-bond donors (Lipinski definition) is 1. The Hall–Kier alpha value is -2.96. The van der Waals surface area contributed by atoms with Crippen LogP contribution in [0.3, 0.4) is 0 Å². The summed E-state index contributed by atoms with van der Waals surface area (Å²) >= 11 is 11.8. The molecular formula is C19H14Cl2N4O2. The first-order chi connectivity index (χ1) is 13.1. The van der Waals surface area contributed by atoms with Crippen molar-refractivity contribution < 1.29 is 9.84 Å². The summed E-state index contributed by atoms with van der Waals surface area (Å²) in [5.41, 5.74) is 2.39. The van der Waals surface area contributed by atoms with Crippen molar-refractivity contribution in [3.05, 3.63) is 82.6 Å². The van der Waals surface area contributed by atoms with Crippen molar-refractivity contribution >= 4 is 23.2 Å². The normalized spacial score (nSPS) is 10.9. The number of benzene rings is 2. The number of nitrogens with zero attached hydrogens (tertiary/aromatic N) is 4. The Bertz CT molecular complexity index is 1070. The smallest absolute Gasteiger partial charge is 0.233 e. The number of ether oxygens (including phenoxy) is 1. The first-order valence-corrected chi connectivity index (χ1v) is 8.82. The molecule has 0 saturated heterocycles. The van der Waals surface area contributed by atoms with Crippen LogP contribution >= 0.6 is 23.2 Å². The van der Waals surface area contributed by atoms with E-state index in [1.807, 2.05) is 42.6 Å². The predicted octanol–water partition coefficient (Wildman–Crippen LogP) is 4.65. The quantitative estimate of drug-likeness (QED) is 0.529. The van der Waals surface area contributed by atoms with Gasteiger partial charge in [-0.25, -0.2) is 4.68 Å². The molecule has 2 aromatic heterocycles. The molecule has 4 rings (SSSR count).